The van der Waals surface area contributed by atoms with Crippen LogP contribution in [-0.2, 0) is 26.2 Å². The molecule has 1 N–H and O–H groups in total. The Bertz CT molecular complexity index is 1230. The monoisotopic (exact) mass is 587 g/mol. The highest BCUT2D eigenvalue weighted by molar-refractivity contribution is 7.92. The van der Waals surface area contributed by atoms with Gasteiger partial charge in [-0.2, -0.15) is 0 Å². The maximum absolute atomic E-state index is 13.8. The van der Waals surface area contributed by atoms with E-state index in [4.69, 9.17) is 32.7 Å². The normalized spacial score (nSPS) is 12.0. The number of rotatable bonds is 14. The summed E-state index contributed by atoms with van der Waals surface area (Å²) >= 11 is 12.3. The number of nitrogens with zero attached hydrogens (tertiary/aromatic N) is 2. The first kappa shape index (κ1) is 31.5. The fraction of sp³-hybridized carbons (Fsp3) is 0.462. The van der Waals surface area contributed by atoms with Crippen LogP contribution < -0.4 is 19.1 Å². The van der Waals surface area contributed by atoms with Crippen LogP contribution in [0.4, 0.5) is 5.69 Å². The first-order valence-electron chi connectivity index (χ1n) is 12.2. The van der Waals surface area contributed by atoms with E-state index in [1.54, 1.807) is 37.3 Å². The van der Waals surface area contributed by atoms with E-state index in [1.165, 1.54) is 25.2 Å². The summed E-state index contributed by atoms with van der Waals surface area (Å²) in [5.41, 5.74) is 0.773. The molecule has 0 heterocycles. The van der Waals surface area contributed by atoms with Gasteiger partial charge in [-0.25, -0.2) is 8.42 Å². The number of anilines is 1. The summed E-state index contributed by atoms with van der Waals surface area (Å²) in [4.78, 5) is 28.3. The molecule has 2 rings (SSSR count). The van der Waals surface area contributed by atoms with Crippen molar-refractivity contribution in [2.75, 3.05) is 37.9 Å². The first-order chi connectivity index (χ1) is 18.0. The van der Waals surface area contributed by atoms with E-state index in [2.05, 4.69) is 5.32 Å². The molecule has 2 amide bonds. The van der Waals surface area contributed by atoms with Gasteiger partial charge in [-0.05, 0) is 42.7 Å². The number of hydrogen-bond donors (Lipinski definition) is 1. The number of halogens is 2. The minimum Gasteiger partial charge on any atom is -0.497 e. The number of nitrogens with one attached hydrogen (secondary N) is 1. The molecule has 1 atom stereocenters. The molecule has 210 valence electrons. The van der Waals surface area contributed by atoms with Gasteiger partial charge in [-0.3, -0.25) is 13.9 Å². The van der Waals surface area contributed by atoms with Gasteiger partial charge in [0.2, 0.25) is 21.8 Å². The number of methoxy groups -OCH3 is 2. The summed E-state index contributed by atoms with van der Waals surface area (Å²) in [5, 5.41) is 3.53. The number of unbranched alkanes of at least 4 members (excludes halogenated alkanes) is 1. The van der Waals surface area contributed by atoms with E-state index >= 15 is 0 Å². The van der Waals surface area contributed by atoms with Gasteiger partial charge in [0.05, 0.1) is 36.2 Å². The first-order valence-corrected chi connectivity index (χ1v) is 14.8. The predicted octanol–water partition coefficient (Wildman–Crippen LogP) is 4.50. The van der Waals surface area contributed by atoms with Gasteiger partial charge in [0.1, 0.15) is 24.1 Å². The third-order valence-electron chi connectivity index (χ3n) is 5.89. The van der Waals surface area contributed by atoms with Crippen molar-refractivity contribution in [1.29, 1.82) is 0 Å². The van der Waals surface area contributed by atoms with Crippen LogP contribution in [0.25, 0.3) is 0 Å². The van der Waals surface area contributed by atoms with Crippen LogP contribution in [0.1, 0.15) is 38.7 Å². The Hall–Kier alpha value is -2.69. The lowest BCUT2D eigenvalue weighted by molar-refractivity contribution is -0.140. The summed E-state index contributed by atoms with van der Waals surface area (Å²) in [6.07, 6.45) is 3.00. The molecule has 0 aliphatic carbocycles. The summed E-state index contributed by atoms with van der Waals surface area (Å²) in [6.45, 7) is 3.72. The standard InChI is InChI=1S/C26H35Cl2N3O6S/c1-6-8-13-29-26(33)22(7-2)30(16-18-9-11-20(27)21(28)14-18)25(32)17-31(38(5,34)35)23-15-19(36-3)10-12-24(23)37-4/h9-12,14-15,22H,6-8,13,16-17H2,1-5H3,(H,29,33)/t22-/m1/s1. The van der Waals surface area contributed by atoms with E-state index in [0.29, 0.717) is 34.3 Å². The van der Waals surface area contributed by atoms with Crippen molar-refractivity contribution in [1.82, 2.24) is 10.2 Å². The van der Waals surface area contributed by atoms with Crippen molar-refractivity contribution in [3.05, 3.63) is 52.0 Å². The molecule has 0 radical (unpaired) electrons. The smallest absolute Gasteiger partial charge is 0.244 e. The highest BCUT2D eigenvalue weighted by Gasteiger charge is 2.32. The molecule has 0 unspecified atom stereocenters. The third kappa shape index (κ3) is 8.41. The predicted molar refractivity (Wildman–Crippen MR) is 151 cm³/mol. The molecule has 12 heteroatoms. The Labute approximate surface area is 235 Å². The molecule has 0 spiro atoms. The molecule has 2 aromatic carbocycles. The van der Waals surface area contributed by atoms with Gasteiger partial charge in [0.15, 0.2) is 0 Å². The second-order valence-corrected chi connectivity index (χ2v) is 11.4. The van der Waals surface area contributed by atoms with Gasteiger partial charge < -0.3 is 19.7 Å². The van der Waals surface area contributed by atoms with Crippen molar-refractivity contribution in [3.63, 3.8) is 0 Å². The van der Waals surface area contributed by atoms with Crippen molar-refractivity contribution >= 4 is 50.7 Å². The molecular weight excluding hydrogens is 553 g/mol. The zero-order chi connectivity index (χ0) is 28.5. The molecule has 0 fully saturated rings. The topological polar surface area (TPSA) is 105 Å². The quantitative estimate of drug-likeness (QED) is 0.326. The molecule has 0 saturated heterocycles. The number of ether oxygens (including phenoxy) is 2. The summed E-state index contributed by atoms with van der Waals surface area (Å²) in [6, 6.07) is 8.73. The Morgan fingerprint density at radius 1 is 1.03 bits per heavy atom. The van der Waals surface area contributed by atoms with Gasteiger partial charge in [0, 0.05) is 19.2 Å². The molecule has 2 aromatic rings. The average molecular weight is 589 g/mol. The number of benzene rings is 2. The van der Waals surface area contributed by atoms with E-state index in [1.807, 2.05) is 6.92 Å². The van der Waals surface area contributed by atoms with Crippen LogP contribution in [0.3, 0.4) is 0 Å². The molecular formula is C26H35Cl2N3O6S. The van der Waals surface area contributed by atoms with Crippen molar-refractivity contribution in [3.8, 4) is 11.5 Å². The fourth-order valence-electron chi connectivity index (χ4n) is 3.85. The van der Waals surface area contributed by atoms with Crippen LogP contribution >= 0.6 is 23.2 Å². The molecule has 38 heavy (non-hydrogen) atoms. The van der Waals surface area contributed by atoms with E-state index in [0.717, 1.165) is 23.4 Å². The molecule has 0 saturated carbocycles. The van der Waals surface area contributed by atoms with Gasteiger partial charge in [-0.1, -0.05) is 49.5 Å². The number of carbonyl (C=O) groups is 2. The van der Waals surface area contributed by atoms with Crippen LogP contribution in [0.5, 0.6) is 11.5 Å². The lowest BCUT2D eigenvalue weighted by Gasteiger charge is -2.33. The van der Waals surface area contributed by atoms with Crippen LogP contribution in [0, 0.1) is 0 Å². The molecule has 0 aliphatic heterocycles. The Morgan fingerprint density at radius 3 is 2.29 bits per heavy atom. The van der Waals surface area contributed by atoms with Crippen LogP contribution in [-0.4, -0.2) is 64.7 Å². The van der Waals surface area contributed by atoms with E-state index in [9.17, 15) is 18.0 Å². The molecule has 0 aromatic heterocycles. The third-order valence-corrected chi connectivity index (χ3v) is 7.75. The number of amides is 2. The van der Waals surface area contributed by atoms with Gasteiger partial charge in [0.25, 0.3) is 0 Å². The minimum absolute atomic E-state index is 0.0161. The Kier molecular flexibility index (Phi) is 12.0. The van der Waals surface area contributed by atoms with Gasteiger partial charge in [-0.15, -0.1) is 0 Å². The summed E-state index contributed by atoms with van der Waals surface area (Å²) < 4.78 is 37.4. The molecule has 0 aliphatic rings. The SMILES string of the molecule is CCCCNC(=O)[C@@H](CC)N(Cc1ccc(Cl)c(Cl)c1)C(=O)CN(c1cc(OC)ccc1OC)S(C)(=O)=O. The number of carbonyl (C=O) groups excluding carboxylic acids is 2. The highest BCUT2D eigenvalue weighted by Crippen LogP contribution is 2.34. The largest absolute Gasteiger partial charge is 0.497 e. The second kappa shape index (κ2) is 14.5. The van der Waals surface area contributed by atoms with Gasteiger partial charge >= 0.3 is 0 Å². The fourth-order valence-corrected chi connectivity index (χ4v) is 5.01. The van der Waals surface area contributed by atoms with Crippen molar-refractivity contribution in [2.45, 2.75) is 45.7 Å². The number of hydrogen-bond acceptors (Lipinski definition) is 6. The lowest BCUT2D eigenvalue weighted by atomic mass is 10.1. The lowest BCUT2D eigenvalue weighted by Crippen LogP contribution is -2.52. The van der Waals surface area contributed by atoms with Crippen molar-refractivity contribution < 1.29 is 27.5 Å². The number of sulfonamides is 1. The van der Waals surface area contributed by atoms with E-state index < -0.39 is 28.5 Å². The zero-order valence-electron chi connectivity index (χ0n) is 22.3. The summed E-state index contributed by atoms with van der Waals surface area (Å²) in [5.74, 6) is -0.274. The maximum atomic E-state index is 13.8. The zero-order valence-corrected chi connectivity index (χ0v) is 24.6. The summed E-state index contributed by atoms with van der Waals surface area (Å²) in [7, 11) is -1.10. The second-order valence-electron chi connectivity index (χ2n) is 8.65. The highest BCUT2D eigenvalue weighted by atomic mass is 35.5. The molecule has 9 nitrogen and oxygen atoms in total. The van der Waals surface area contributed by atoms with Crippen LogP contribution in [0.2, 0.25) is 10.0 Å². The Morgan fingerprint density at radius 2 is 1.74 bits per heavy atom. The van der Waals surface area contributed by atoms with E-state index in [-0.39, 0.29) is 23.9 Å². The minimum atomic E-state index is -3.95. The average Bonchev–Trinajstić information content (AvgIpc) is 2.88. The van der Waals surface area contributed by atoms with Crippen LogP contribution in [0.15, 0.2) is 36.4 Å². The van der Waals surface area contributed by atoms with Crippen molar-refractivity contribution in [2.24, 2.45) is 0 Å². The maximum Gasteiger partial charge on any atom is 0.244 e. The Balaban J connectivity index is 2.52. The molecule has 0 bridgehead atoms.